The van der Waals surface area contributed by atoms with E-state index in [-0.39, 0.29) is 0 Å². The maximum Gasteiger partial charge on any atom is 0.0649 e. The fourth-order valence-electron chi connectivity index (χ4n) is 2.66. The molecule has 2 aromatic rings. The van der Waals surface area contributed by atoms with Gasteiger partial charge in [-0.1, -0.05) is 29.8 Å². The van der Waals surface area contributed by atoms with Gasteiger partial charge in [0.15, 0.2) is 0 Å². The quantitative estimate of drug-likeness (QED) is 0.896. The van der Waals surface area contributed by atoms with E-state index in [0.717, 1.165) is 28.9 Å². The lowest BCUT2D eigenvalue weighted by Crippen LogP contribution is -2.20. The van der Waals surface area contributed by atoms with E-state index in [2.05, 4.69) is 61.1 Å². The Balaban J connectivity index is 2.35. The molecule has 1 aromatic heterocycles. The Labute approximate surface area is 129 Å². The summed E-state index contributed by atoms with van der Waals surface area (Å²) in [6, 6.07) is 8.27. The fourth-order valence-corrected chi connectivity index (χ4v) is 2.93. The van der Waals surface area contributed by atoms with Crippen molar-refractivity contribution in [2.75, 3.05) is 13.1 Å². The van der Waals surface area contributed by atoms with Gasteiger partial charge in [-0.2, -0.15) is 5.10 Å². The summed E-state index contributed by atoms with van der Waals surface area (Å²) in [4.78, 5) is 0. The Hall–Kier alpha value is -1.13. The zero-order valence-electron chi connectivity index (χ0n) is 12.6. The molecule has 0 saturated carbocycles. The summed E-state index contributed by atoms with van der Waals surface area (Å²) in [6.07, 6.45) is 0. The molecule has 0 saturated heterocycles. The number of likely N-dealkylation sites (N-methyl/N-ethyl adjacent to an activating group) is 1. The molecule has 1 aromatic carbocycles. The van der Waals surface area contributed by atoms with Gasteiger partial charge in [0.2, 0.25) is 0 Å². The minimum absolute atomic E-state index is 0.471. The van der Waals surface area contributed by atoms with Gasteiger partial charge in [0.25, 0.3) is 0 Å². The van der Waals surface area contributed by atoms with Gasteiger partial charge in [-0.15, -0.1) is 0 Å². The van der Waals surface area contributed by atoms with E-state index in [9.17, 15) is 0 Å². The molecule has 20 heavy (non-hydrogen) atoms. The molecule has 3 nitrogen and oxygen atoms in total. The summed E-state index contributed by atoms with van der Waals surface area (Å²) < 4.78 is 3.13. The van der Waals surface area contributed by atoms with Gasteiger partial charge in [0.1, 0.15) is 0 Å². The van der Waals surface area contributed by atoms with Crippen molar-refractivity contribution in [3.63, 3.8) is 0 Å². The largest absolute Gasteiger partial charge is 0.316 e. The number of halogens is 1. The van der Waals surface area contributed by atoms with Crippen LogP contribution in [0.15, 0.2) is 28.7 Å². The Morgan fingerprint density at radius 3 is 2.50 bits per heavy atom. The van der Waals surface area contributed by atoms with Crippen molar-refractivity contribution in [1.29, 1.82) is 0 Å². The minimum atomic E-state index is 0.471. The van der Waals surface area contributed by atoms with Crippen molar-refractivity contribution in [2.24, 2.45) is 0 Å². The van der Waals surface area contributed by atoms with Crippen molar-refractivity contribution >= 4 is 15.9 Å². The van der Waals surface area contributed by atoms with Crippen molar-refractivity contribution in [3.05, 3.63) is 45.7 Å². The van der Waals surface area contributed by atoms with E-state index >= 15 is 0 Å². The van der Waals surface area contributed by atoms with Gasteiger partial charge in [-0.05, 0) is 50.6 Å². The van der Waals surface area contributed by atoms with Crippen LogP contribution in [0.1, 0.15) is 36.7 Å². The maximum atomic E-state index is 4.71. The van der Waals surface area contributed by atoms with Crippen LogP contribution in [0.5, 0.6) is 0 Å². The number of nitrogens with zero attached hydrogens (tertiary/aromatic N) is 2. The molecule has 0 radical (unpaired) electrons. The zero-order chi connectivity index (χ0) is 14.7. The molecule has 1 atom stereocenters. The van der Waals surface area contributed by atoms with Crippen LogP contribution in [0.3, 0.4) is 0 Å². The van der Waals surface area contributed by atoms with E-state index in [4.69, 9.17) is 5.10 Å². The zero-order valence-corrected chi connectivity index (χ0v) is 14.2. The van der Waals surface area contributed by atoms with Crippen LogP contribution in [0.4, 0.5) is 0 Å². The summed E-state index contributed by atoms with van der Waals surface area (Å²) in [6.45, 7) is 10.6. The minimum Gasteiger partial charge on any atom is -0.316 e. The number of hydrogen-bond acceptors (Lipinski definition) is 2. The SMILES string of the molecule is CCNCC(C)c1c(C)nn(-c2ccc(Br)cc2)c1C. The predicted octanol–water partition coefficient (Wildman–Crippen LogP) is 3.96. The van der Waals surface area contributed by atoms with Gasteiger partial charge >= 0.3 is 0 Å². The number of aromatic nitrogens is 2. The fraction of sp³-hybridized carbons (Fsp3) is 0.438. The van der Waals surface area contributed by atoms with Crippen LogP contribution >= 0.6 is 15.9 Å². The van der Waals surface area contributed by atoms with E-state index < -0.39 is 0 Å². The first-order chi connectivity index (χ1) is 9.54. The molecule has 0 aliphatic carbocycles. The number of benzene rings is 1. The molecule has 4 heteroatoms. The average Bonchev–Trinajstić information content (AvgIpc) is 2.72. The van der Waals surface area contributed by atoms with Crippen LogP contribution in [0.2, 0.25) is 0 Å². The molecule has 0 bridgehead atoms. The normalized spacial score (nSPS) is 12.7. The molecule has 0 fully saturated rings. The Morgan fingerprint density at radius 1 is 1.25 bits per heavy atom. The lowest BCUT2D eigenvalue weighted by atomic mass is 9.99. The first kappa shape index (κ1) is 15.3. The lowest BCUT2D eigenvalue weighted by molar-refractivity contribution is 0.630. The summed E-state index contributed by atoms with van der Waals surface area (Å²) in [5, 5.41) is 8.13. The second-order valence-corrected chi connectivity index (χ2v) is 6.10. The van der Waals surface area contributed by atoms with Crippen LogP contribution in [-0.4, -0.2) is 22.9 Å². The molecule has 108 valence electrons. The van der Waals surface area contributed by atoms with Gasteiger partial charge in [-0.25, -0.2) is 4.68 Å². The third kappa shape index (κ3) is 3.13. The van der Waals surface area contributed by atoms with Crippen molar-refractivity contribution in [1.82, 2.24) is 15.1 Å². The Bertz CT molecular complexity index is 572. The van der Waals surface area contributed by atoms with E-state index in [1.165, 1.54) is 11.3 Å². The lowest BCUT2D eigenvalue weighted by Gasteiger charge is -2.13. The van der Waals surface area contributed by atoms with Gasteiger partial charge in [0, 0.05) is 22.3 Å². The summed E-state index contributed by atoms with van der Waals surface area (Å²) in [7, 11) is 0. The van der Waals surface area contributed by atoms with E-state index in [1.807, 2.05) is 16.8 Å². The molecule has 2 rings (SSSR count). The molecular weight excluding hydrogens is 314 g/mol. The molecule has 0 amide bonds. The Kier molecular flexibility index (Phi) is 5.00. The molecule has 1 N–H and O–H groups in total. The van der Waals surface area contributed by atoms with Gasteiger partial charge < -0.3 is 5.32 Å². The van der Waals surface area contributed by atoms with Crippen LogP contribution < -0.4 is 5.32 Å². The highest BCUT2D eigenvalue weighted by molar-refractivity contribution is 9.10. The highest BCUT2D eigenvalue weighted by atomic mass is 79.9. The monoisotopic (exact) mass is 335 g/mol. The topological polar surface area (TPSA) is 29.9 Å². The summed E-state index contributed by atoms with van der Waals surface area (Å²) in [5.74, 6) is 0.471. The third-order valence-electron chi connectivity index (χ3n) is 3.61. The smallest absolute Gasteiger partial charge is 0.0649 e. The van der Waals surface area contributed by atoms with Crippen molar-refractivity contribution in [2.45, 2.75) is 33.6 Å². The molecule has 0 spiro atoms. The second kappa shape index (κ2) is 6.55. The third-order valence-corrected chi connectivity index (χ3v) is 4.14. The highest BCUT2D eigenvalue weighted by Gasteiger charge is 2.17. The van der Waals surface area contributed by atoms with Crippen molar-refractivity contribution < 1.29 is 0 Å². The standard InChI is InChI=1S/C16H22BrN3/c1-5-18-10-11(2)16-12(3)19-20(13(16)4)15-8-6-14(17)7-9-15/h6-9,11,18H,5,10H2,1-4H3. The predicted molar refractivity (Wildman–Crippen MR) is 87.7 cm³/mol. The van der Waals surface area contributed by atoms with Gasteiger partial charge in [-0.3, -0.25) is 0 Å². The molecule has 1 heterocycles. The summed E-state index contributed by atoms with van der Waals surface area (Å²) in [5.41, 5.74) is 4.82. The Morgan fingerprint density at radius 2 is 1.90 bits per heavy atom. The molecule has 0 aliphatic heterocycles. The van der Waals surface area contributed by atoms with Crippen LogP contribution in [0, 0.1) is 13.8 Å². The number of rotatable bonds is 5. The molecular formula is C16H22BrN3. The first-order valence-electron chi connectivity index (χ1n) is 7.07. The highest BCUT2D eigenvalue weighted by Crippen LogP contribution is 2.25. The second-order valence-electron chi connectivity index (χ2n) is 5.18. The molecule has 0 aliphatic rings. The first-order valence-corrected chi connectivity index (χ1v) is 7.86. The molecule has 1 unspecified atom stereocenters. The summed E-state index contributed by atoms with van der Waals surface area (Å²) >= 11 is 3.47. The number of nitrogens with one attached hydrogen (secondary N) is 1. The van der Waals surface area contributed by atoms with E-state index in [1.54, 1.807) is 0 Å². The average molecular weight is 336 g/mol. The number of hydrogen-bond donors (Lipinski definition) is 1. The van der Waals surface area contributed by atoms with Crippen LogP contribution in [-0.2, 0) is 0 Å². The van der Waals surface area contributed by atoms with E-state index in [0.29, 0.717) is 5.92 Å². The maximum absolute atomic E-state index is 4.71. The van der Waals surface area contributed by atoms with Crippen molar-refractivity contribution in [3.8, 4) is 5.69 Å². The number of aryl methyl sites for hydroxylation is 1. The van der Waals surface area contributed by atoms with Crippen LogP contribution in [0.25, 0.3) is 5.69 Å². The van der Waals surface area contributed by atoms with Gasteiger partial charge in [0.05, 0.1) is 11.4 Å².